The Morgan fingerprint density at radius 1 is 0.430 bits per heavy atom. The van der Waals surface area contributed by atoms with Gasteiger partial charge in [-0.1, -0.05) is 188 Å². The molecule has 0 saturated heterocycles. The molecular formula is C71H82N6O16. The van der Waals surface area contributed by atoms with Gasteiger partial charge in [-0.15, -0.1) is 0 Å². The normalized spacial score (nSPS) is 13.0. The van der Waals surface area contributed by atoms with Gasteiger partial charge in [0.2, 0.25) is 11.8 Å². The van der Waals surface area contributed by atoms with Crippen LogP contribution in [-0.2, 0) is 48.5 Å². The molecule has 7 aromatic carbocycles. The number of rotatable bonds is 23. The Bertz CT molecular complexity index is 3410. The SMILES string of the molecule is CC(C)(C)OC[C@H](NC(=O)OC(C)(C)C)C(=O)NC[C@H](NC(=O)OCC1c2ccccc2-c2ccccc21)C(=O)O.CO.CO.O=C(CONC(c1ccccc1)(c1ccccc1)c1ccccc1)NC[C@H](NC(=O)OCC1c2ccccc2-c2ccccc21)C(=O)O. The minimum absolute atomic E-state index is 0.00455. The van der Waals surface area contributed by atoms with E-state index in [1.807, 2.05) is 188 Å². The van der Waals surface area contributed by atoms with Gasteiger partial charge >= 0.3 is 30.2 Å². The van der Waals surface area contributed by atoms with Crippen molar-refractivity contribution >= 4 is 42.0 Å². The van der Waals surface area contributed by atoms with Crippen molar-refractivity contribution in [2.24, 2.45) is 0 Å². The Labute approximate surface area is 540 Å². The summed E-state index contributed by atoms with van der Waals surface area (Å²) in [5.74, 6) is -4.35. The fourth-order valence-corrected chi connectivity index (χ4v) is 10.5. The van der Waals surface area contributed by atoms with E-state index in [9.17, 15) is 43.8 Å². The summed E-state index contributed by atoms with van der Waals surface area (Å²) >= 11 is 0. The number of carbonyl (C=O) groups excluding carboxylic acids is 5. The molecule has 9 rings (SSSR count). The molecule has 0 aliphatic heterocycles. The fraction of sp³-hybridized carbons (Fsp3) is 0.310. The van der Waals surface area contributed by atoms with E-state index in [1.165, 1.54) is 0 Å². The molecule has 0 aromatic heterocycles. The molecule has 0 unspecified atom stereocenters. The molecule has 3 atom stereocenters. The number of carboxylic acids is 2. The molecular weight excluding hydrogens is 1190 g/mol. The highest BCUT2D eigenvalue weighted by atomic mass is 16.6. The number of hydroxylamine groups is 1. The van der Waals surface area contributed by atoms with E-state index in [1.54, 1.807) is 41.5 Å². The van der Waals surface area contributed by atoms with Crippen LogP contribution in [0.1, 0.15) is 92.3 Å². The number of amides is 5. The first-order valence-corrected chi connectivity index (χ1v) is 29.9. The Morgan fingerprint density at radius 2 is 0.763 bits per heavy atom. The number of carbonyl (C=O) groups is 7. The van der Waals surface area contributed by atoms with Crippen molar-refractivity contribution in [1.29, 1.82) is 0 Å². The minimum atomic E-state index is -1.49. The molecule has 5 amide bonds. The van der Waals surface area contributed by atoms with Crippen LogP contribution in [0.4, 0.5) is 14.4 Å². The van der Waals surface area contributed by atoms with Crippen LogP contribution in [0.15, 0.2) is 188 Å². The molecule has 492 valence electrons. The maximum atomic E-state index is 12.9. The van der Waals surface area contributed by atoms with Crippen molar-refractivity contribution in [3.05, 3.63) is 227 Å². The molecule has 2 aliphatic rings. The molecule has 93 heavy (non-hydrogen) atoms. The fourth-order valence-electron chi connectivity index (χ4n) is 10.5. The van der Waals surface area contributed by atoms with Crippen LogP contribution in [0.2, 0.25) is 0 Å². The van der Waals surface area contributed by atoms with Crippen molar-refractivity contribution in [3.8, 4) is 22.3 Å². The molecule has 22 heteroatoms. The number of carboxylic acid groups (broad SMARTS) is 2. The highest BCUT2D eigenvalue weighted by Gasteiger charge is 2.38. The van der Waals surface area contributed by atoms with Crippen LogP contribution in [0.3, 0.4) is 0 Å². The van der Waals surface area contributed by atoms with Crippen LogP contribution in [-0.4, -0.2) is 146 Å². The zero-order chi connectivity index (χ0) is 67.7. The first-order chi connectivity index (χ1) is 44.6. The Kier molecular flexibility index (Phi) is 26.7. The lowest BCUT2D eigenvalue weighted by Crippen LogP contribution is -2.55. The van der Waals surface area contributed by atoms with Crippen molar-refractivity contribution in [3.63, 3.8) is 0 Å². The van der Waals surface area contributed by atoms with Crippen molar-refractivity contribution in [2.75, 3.05) is 53.7 Å². The number of hydrogen-bond donors (Lipinski definition) is 10. The first-order valence-electron chi connectivity index (χ1n) is 29.9. The number of ether oxygens (including phenoxy) is 4. The molecule has 0 bridgehead atoms. The lowest BCUT2D eigenvalue weighted by molar-refractivity contribution is -0.140. The van der Waals surface area contributed by atoms with E-state index in [0.29, 0.717) is 0 Å². The standard InChI is InChI=1S/C39H35N3O6.C30H39N3O8.2CH4O/c43-36(26-48-42-39(27-14-4-1-5-15-27,28-16-6-2-7-17-28)29-18-8-3-9-19-29)40-24-35(37(44)45)41-38(46)47-25-34-32-22-12-10-20-30(32)31-21-11-13-23-33(31)34;1-29(2,3)40-17-24(33-28(38)41-30(4,5)6)25(34)31-15-23(26(35)36)32-27(37)39-16-22-20-13-9-7-11-18(20)19-12-8-10-14-21(19)22;2*1-2/h1-23,34-35,42H,24-26H2,(H,40,43)(H,41,46)(H,44,45);7-14,22-24H,15-17H2,1-6H3,(H,31,34)(H,32,37)(H,33,38)(H,35,36);2*2H,1H3/t35-;23-,24-;;/m00../s1. The predicted octanol–water partition coefficient (Wildman–Crippen LogP) is 8.63. The van der Waals surface area contributed by atoms with Crippen LogP contribution in [0.25, 0.3) is 22.3 Å². The second-order valence-electron chi connectivity index (χ2n) is 23.1. The highest BCUT2D eigenvalue weighted by Crippen LogP contribution is 2.46. The molecule has 0 heterocycles. The highest BCUT2D eigenvalue weighted by molar-refractivity contribution is 5.88. The van der Waals surface area contributed by atoms with Gasteiger partial charge < -0.3 is 66.0 Å². The van der Waals surface area contributed by atoms with E-state index in [4.69, 9.17) is 34.0 Å². The summed E-state index contributed by atoms with van der Waals surface area (Å²) < 4.78 is 21.8. The topological polar surface area (TPSA) is 319 Å². The monoisotopic (exact) mass is 1270 g/mol. The van der Waals surface area contributed by atoms with Crippen LogP contribution < -0.4 is 32.1 Å². The number of fused-ring (bicyclic) bond motifs is 6. The van der Waals surface area contributed by atoms with Gasteiger partial charge in [-0.25, -0.2) is 24.0 Å². The van der Waals surface area contributed by atoms with Crippen molar-refractivity contribution in [1.82, 2.24) is 32.1 Å². The lowest BCUT2D eigenvalue weighted by atomic mass is 9.78. The van der Waals surface area contributed by atoms with Crippen molar-refractivity contribution in [2.45, 2.75) is 88.2 Å². The quantitative estimate of drug-likeness (QED) is 0.0163. The van der Waals surface area contributed by atoms with Gasteiger partial charge in [0, 0.05) is 39.1 Å². The van der Waals surface area contributed by atoms with Crippen molar-refractivity contribution < 1.29 is 77.8 Å². The maximum absolute atomic E-state index is 12.9. The average Bonchev–Trinajstić information content (AvgIpc) is 1.77. The Morgan fingerprint density at radius 3 is 1.11 bits per heavy atom. The van der Waals surface area contributed by atoms with E-state index in [-0.39, 0.29) is 38.2 Å². The molecule has 0 saturated carbocycles. The van der Waals surface area contributed by atoms with Gasteiger partial charge in [-0.05, 0) is 103 Å². The summed E-state index contributed by atoms with van der Waals surface area (Å²) in [7, 11) is 2.00. The average molecular weight is 1280 g/mol. The summed E-state index contributed by atoms with van der Waals surface area (Å²) in [6, 6.07) is 56.7. The molecule has 0 fully saturated rings. The minimum Gasteiger partial charge on any atom is -0.480 e. The number of aliphatic hydroxyl groups excluding tert-OH is 2. The molecule has 0 spiro atoms. The molecule has 10 N–H and O–H groups in total. The van der Waals surface area contributed by atoms with Gasteiger partial charge in [0.25, 0.3) is 0 Å². The molecule has 0 radical (unpaired) electrons. The smallest absolute Gasteiger partial charge is 0.408 e. The van der Waals surface area contributed by atoms with Gasteiger partial charge in [0.1, 0.15) is 49.1 Å². The summed E-state index contributed by atoms with van der Waals surface area (Å²) in [6.07, 6.45) is -2.66. The van der Waals surface area contributed by atoms with Gasteiger partial charge in [-0.3, -0.25) is 14.4 Å². The number of aliphatic hydroxyl groups is 2. The number of alkyl carbamates (subject to hydrolysis) is 3. The number of aliphatic carboxylic acids is 2. The maximum Gasteiger partial charge on any atom is 0.408 e. The Hall–Kier alpha value is -9.97. The third kappa shape index (κ3) is 20.0. The van der Waals surface area contributed by atoms with Crippen LogP contribution >= 0.6 is 0 Å². The van der Waals surface area contributed by atoms with E-state index < -0.39 is 90.1 Å². The van der Waals surface area contributed by atoms with E-state index >= 15 is 0 Å². The van der Waals surface area contributed by atoms with Gasteiger partial charge in [0.15, 0.2) is 0 Å². The first kappa shape index (κ1) is 72.1. The third-order valence-electron chi connectivity index (χ3n) is 14.6. The van der Waals surface area contributed by atoms with E-state index in [2.05, 4.69) is 32.1 Å². The summed E-state index contributed by atoms with van der Waals surface area (Å²) in [5.41, 5.74) is 11.9. The molecule has 22 nitrogen and oxygen atoms in total. The van der Waals surface area contributed by atoms with Gasteiger partial charge in [0.05, 0.1) is 12.2 Å². The predicted molar refractivity (Wildman–Crippen MR) is 349 cm³/mol. The largest absolute Gasteiger partial charge is 0.480 e. The number of nitrogens with one attached hydrogen (secondary N) is 6. The third-order valence-corrected chi connectivity index (χ3v) is 14.6. The van der Waals surface area contributed by atoms with Crippen LogP contribution in [0.5, 0.6) is 0 Å². The summed E-state index contributed by atoms with van der Waals surface area (Å²) in [4.78, 5) is 93.1. The zero-order valence-electron chi connectivity index (χ0n) is 53.2. The zero-order valence-corrected chi connectivity index (χ0v) is 53.2. The Balaban J connectivity index is 0.000000284. The van der Waals surface area contributed by atoms with Gasteiger partial charge in [-0.2, -0.15) is 5.48 Å². The summed E-state index contributed by atoms with van der Waals surface area (Å²) in [5, 5.41) is 45.5. The summed E-state index contributed by atoms with van der Waals surface area (Å²) in [6.45, 7) is 8.99. The second kappa shape index (κ2) is 34.5. The van der Waals surface area contributed by atoms with Crippen LogP contribution in [0, 0.1) is 0 Å². The molecule has 2 aliphatic carbocycles. The second-order valence-corrected chi connectivity index (χ2v) is 23.1. The lowest BCUT2D eigenvalue weighted by Gasteiger charge is -2.36. The van der Waals surface area contributed by atoms with E-state index in [0.717, 1.165) is 75.4 Å². The molecule has 7 aromatic rings. The number of hydrogen-bond acceptors (Lipinski definition) is 15. The number of benzene rings is 7.